The zero-order valence-electron chi connectivity index (χ0n) is 11.3. The van der Waals surface area contributed by atoms with Crippen LogP contribution in [0.4, 0.5) is 0 Å². The van der Waals surface area contributed by atoms with Crippen molar-refractivity contribution in [1.82, 2.24) is 14.5 Å². The van der Waals surface area contributed by atoms with E-state index in [1.807, 2.05) is 18.7 Å². The van der Waals surface area contributed by atoms with Gasteiger partial charge in [-0.3, -0.25) is 4.90 Å². The third-order valence-electron chi connectivity index (χ3n) is 4.43. The fourth-order valence-corrected chi connectivity index (χ4v) is 3.43. The van der Waals surface area contributed by atoms with Gasteiger partial charge in [0.25, 0.3) is 0 Å². The minimum Gasteiger partial charge on any atom is -0.396 e. The zero-order valence-corrected chi connectivity index (χ0v) is 11.3. The maximum Gasteiger partial charge on any atom is 0.0945 e. The van der Waals surface area contributed by atoms with Crippen LogP contribution in [-0.4, -0.2) is 58.0 Å². The maximum atomic E-state index is 9.32. The highest BCUT2D eigenvalue weighted by Gasteiger charge is 2.40. The molecule has 1 saturated heterocycles. The van der Waals surface area contributed by atoms with Gasteiger partial charge in [-0.2, -0.15) is 0 Å². The molecule has 0 bridgehead atoms. The molecule has 1 aliphatic carbocycles. The summed E-state index contributed by atoms with van der Waals surface area (Å²) in [6, 6.07) is 0.522. The molecule has 1 aromatic heterocycles. The van der Waals surface area contributed by atoms with E-state index in [-0.39, 0.29) is 0 Å². The van der Waals surface area contributed by atoms with Gasteiger partial charge in [0, 0.05) is 44.7 Å². The summed E-state index contributed by atoms with van der Waals surface area (Å²) in [7, 11) is 0. The molecular formula is C14H23N3O2. The lowest BCUT2D eigenvalue weighted by atomic mass is 10.1. The van der Waals surface area contributed by atoms with Gasteiger partial charge in [-0.15, -0.1) is 0 Å². The van der Waals surface area contributed by atoms with Crippen molar-refractivity contribution in [3.05, 3.63) is 18.7 Å². The average molecular weight is 265 g/mol. The Balaban J connectivity index is 1.49. The van der Waals surface area contributed by atoms with E-state index in [0.717, 1.165) is 45.5 Å². The molecule has 2 heterocycles. The van der Waals surface area contributed by atoms with Gasteiger partial charge in [0.2, 0.25) is 0 Å². The first-order valence-corrected chi connectivity index (χ1v) is 7.29. The molecule has 19 heavy (non-hydrogen) atoms. The normalized spacial score (nSPS) is 31.5. The number of nitrogens with zero attached hydrogens (tertiary/aromatic N) is 3. The van der Waals surface area contributed by atoms with Gasteiger partial charge >= 0.3 is 0 Å². The van der Waals surface area contributed by atoms with Crippen LogP contribution in [0.3, 0.4) is 0 Å². The summed E-state index contributed by atoms with van der Waals surface area (Å²) in [6.07, 6.45) is 9.32. The molecule has 3 atom stereocenters. The molecule has 5 nitrogen and oxygen atoms in total. The number of aryl methyl sites for hydroxylation is 1. The highest BCUT2D eigenvalue weighted by molar-refractivity contribution is 4.93. The quantitative estimate of drug-likeness (QED) is 0.853. The first-order chi connectivity index (χ1) is 9.36. The lowest BCUT2D eigenvalue weighted by molar-refractivity contribution is -0.0562. The molecule has 1 N–H and O–H groups in total. The van der Waals surface area contributed by atoms with E-state index < -0.39 is 0 Å². The molecule has 0 spiro atoms. The fraction of sp³-hybridized carbons (Fsp3) is 0.786. The van der Waals surface area contributed by atoms with E-state index >= 15 is 0 Å². The fourth-order valence-electron chi connectivity index (χ4n) is 3.43. The molecule has 2 aliphatic rings. The van der Waals surface area contributed by atoms with Crippen LogP contribution in [0.15, 0.2) is 18.7 Å². The van der Waals surface area contributed by atoms with Crippen molar-refractivity contribution < 1.29 is 9.84 Å². The average Bonchev–Trinajstić information content (AvgIpc) is 3.07. The van der Waals surface area contributed by atoms with Crippen molar-refractivity contribution >= 4 is 0 Å². The Bertz CT molecular complexity index is 382. The Morgan fingerprint density at radius 3 is 3.05 bits per heavy atom. The second-order valence-corrected chi connectivity index (χ2v) is 5.69. The van der Waals surface area contributed by atoms with Crippen LogP contribution in [0.25, 0.3) is 0 Å². The van der Waals surface area contributed by atoms with E-state index in [1.54, 1.807) is 0 Å². The van der Waals surface area contributed by atoms with Gasteiger partial charge in [-0.25, -0.2) is 4.98 Å². The van der Waals surface area contributed by atoms with Crippen molar-refractivity contribution in [2.45, 2.75) is 38.0 Å². The van der Waals surface area contributed by atoms with Gasteiger partial charge in [0.15, 0.2) is 0 Å². The number of hydrogen-bond donors (Lipinski definition) is 1. The standard InChI is InChI=1S/C14H23N3O2/c18-10-12-8-13-14(9-12)19-7-6-17(13)4-1-3-16-5-2-15-11-16/h2,5,11-14,18H,1,3-4,6-10H2/t12-,13+,14?/m1/s1. The Hall–Kier alpha value is -0.910. The lowest BCUT2D eigenvalue weighted by Crippen LogP contribution is -2.48. The molecule has 0 aromatic carbocycles. The number of hydrogen-bond acceptors (Lipinski definition) is 4. The number of aromatic nitrogens is 2. The number of aliphatic hydroxyl groups is 1. The van der Waals surface area contributed by atoms with E-state index in [9.17, 15) is 5.11 Å². The van der Waals surface area contributed by atoms with Gasteiger partial charge in [0.05, 0.1) is 19.0 Å². The minimum absolute atomic E-state index is 0.305. The number of morpholine rings is 1. The second-order valence-electron chi connectivity index (χ2n) is 5.69. The minimum atomic E-state index is 0.305. The first kappa shape index (κ1) is 13.1. The highest BCUT2D eigenvalue weighted by Crippen LogP contribution is 2.33. The number of aliphatic hydroxyl groups excluding tert-OH is 1. The van der Waals surface area contributed by atoms with Crippen molar-refractivity contribution in [3.63, 3.8) is 0 Å². The molecule has 0 amide bonds. The third-order valence-corrected chi connectivity index (χ3v) is 4.43. The molecule has 5 heteroatoms. The summed E-state index contributed by atoms with van der Waals surface area (Å²) in [4.78, 5) is 6.62. The van der Waals surface area contributed by atoms with Crippen molar-refractivity contribution in [2.75, 3.05) is 26.3 Å². The Morgan fingerprint density at radius 2 is 2.26 bits per heavy atom. The Kier molecular flexibility index (Phi) is 4.15. The molecule has 1 aliphatic heterocycles. The number of imidazole rings is 1. The molecular weight excluding hydrogens is 242 g/mol. The molecule has 2 fully saturated rings. The Morgan fingerprint density at radius 1 is 1.32 bits per heavy atom. The summed E-state index contributed by atoms with van der Waals surface area (Å²) in [5.41, 5.74) is 0. The van der Waals surface area contributed by atoms with E-state index in [4.69, 9.17) is 4.74 Å². The molecule has 1 saturated carbocycles. The lowest BCUT2D eigenvalue weighted by Gasteiger charge is -2.37. The van der Waals surface area contributed by atoms with E-state index in [0.29, 0.717) is 24.7 Å². The third kappa shape index (κ3) is 2.99. The number of rotatable bonds is 5. The van der Waals surface area contributed by atoms with Crippen molar-refractivity contribution in [2.24, 2.45) is 5.92 Å². The number of ether oxygens (including phenoxy) is 1. The second kappa shape index (κ2) is 6.03. The SMILES string of the molecule is OC[C@H]1CC2OCCN(CCCn3ccnc3)[C@H]2C1. The van der Waals surface area contributed by atoms with Crippen LogP contribution >= 0.6 is 0 Å². The van der Waals surface area contributed by atoms with Crippen molar-refractivity contribution in [1.29, 1.82) is 0 Å². The monoisotopic (exact) mass is 265 g/mol. The van der Waals surface area contributed by atoms with Crippen LogP contribution < -0.4 is 0 Å². The molecule has 3 rings (SSSR count). The van der Waals surface area contributed by atoms with Gasteiger partial charge in [0.1, 0.15) is 0 Å². The zero-order chi connectivity index (χ0) is 13.1. The van der Waals surface area contributed by atoms with Crippen LogP contribution in [0.5, 0.6) is 0 Å². The maximum absolute atomic E-state index is 9.32. The van der Waals surface area contributed by atoms with Crippen LogP contribution in [0.1, 0.15) is 19.3 Å². The summed E-state index contributed by atoms with van der Waals surface area (Å²) in [5, 5.41) is 9.32. The van der Waals surface area contributed by atoms with Crippen molar-refractivity contribution in [3.8, 4) is 0 Å². The molecule has 1 aromatic rings. The molecule has 1 unspecified atom stereocenters. The first-order valence-electron chi connectivity index (χ1n) is 7.29. The summed E-state index contributed by atoms with van der Waals surface area (Å²) < 4.78 is 7.98. The predicted molar refractivity (Wildman–Crippen MR) is 71.8 cm³/mol. The van der Waals surface area contributed by atoms with Gasteiger partial charge < -0.3 is 14.4 Å². The van der Waals surface area contributed by atoms with Crippen LogP contribution in [-0.2, 0) is 11.3 Å². The number of fused-ring (bicyclic) bond motifs is 1. The Labute approximate surface area is 114 Å². The molecule has 106 valence electrons. The van der Waals surface area contributed by atoms with Gasteiger partial charge in [-0.1, -0.05) is 0 Å². The van der Waals surface area contributed by atoms with Crippen LogP contribution in [0.2, 0.25) is 0 Å². The van der Waals surface area contributed by atoms with E-state index in [2.05, 4.69) is 14.5 Å². The largest absolute Gasteiger partial charge is 0.396 e. The summed E-state index contributed by atoms with van der Waals surface area (Å²) in [5.74, 6) is 0.434. The highest BCUT2D eigenvalue weighted by atomic mass is 16.5. The summed E-state index contributed by atoms with van der Waals surface area (Å²) >= 11 is 0. The topological polar surface area (TPSA) is 50.5 Å². The van der Waals surface area contributed by atoms with Gasteiger partial charge in [-0.05, 0) is 25.2 Å². The predicted octanol–water partition coefficient (Wildman–Crippen LogP) is 0.745. The van der Waals surface area contributed by atoms with E-state index in [1.165, 1.54) is 0 Å². The smallest absolute Gasteiger partial charge is 0.0945 e. The molecule has 0 radical (unpaired) electrons. The van der Waals surface area contributed by atoms with Crippen LogP contribution in [0, 0.1) is 5.92 Å². The summed E-state index contributed by atoms with van der Waals surface area (Å²) in [6.45, 7) is 4.31.